The molecular formula is C11H11FN4O2. The third-order valence-corrected chi connectivity index (χ3v) is 1.76. The first-order valence-electron chi connectivity index (χ1n) is 4.98. The molecule has 3 N–H and O–H groups in total. The van der Waals surface area contributed by atoms with Gasteiger partial charge in [-0.3, -0.25) is 4.79 Å². The quantitative estimate of drug-likeness (QED) is 0.451. The molecule has 0 aromatic heterocycles. The van der Waals surface area contributed by atoms with Gasteiger partial charge in [-0.1, -0.05) is 0 Å². The van der Waals surface area contributed by atoms with E-state index in [4.69, 9.17) is 15.7 Å². The second-order valence-corrected chi connectivity index (χ2v) is 3.22. The lowest BCUT2D eigenvalue weighted by Crippen LogP contribution is -2.27. The molecule has 1 aromatic carbocycles. The first kappa shape index (κ1) is 13.4. The predicted molar refractivity (Wildman–Crippen MR) is 61.9 cm³/mol. The third kappa shape index (κ3) is 4.94. The van der Waals surface area contributed by atoms with Gasteiger partial charge in [0.1, 0.15) is 24.6 Å². The van der Waals surface area contributed by atoms with Crippen LogP contribution in [0.3, 0.4) is 0 Å². The van der Waals surface area contributed by atoms with E-state index in [9.17, 15) is 9.18 Å². The smallest absolute Gasteiger partial charge is 0.254 e. The molecule has 0 bridgehead atoms. The van der Waals surface area contributed by atoms with E-state index in [1.165, 1.54) is 24.3 Å². The van der Waals surface area contributed by atoms with Crippen molar-refractivity contribution in [2.45, 2.75) is 6.42 Å². The third-order valence-electron chi connectivity index (χ3n) is 1.76. The van der Waals surface area contributed by atoms with E-state index in [0.717, 1.165) is 0 Å². The van der Waals surface area contributed by atoms with Crippen LogP contribution in [-0.4, -0.2) is 18.3 Å². The molecule has 0 saturated heterocycles. The standard InChI is InChI=1S/C11H11FN4O2/c12-8-1-3-9(4-2-8)18-7-10(14)15-16-11(17)5-6-13/h1-4H,5,7H2,(H2,14,15)(H,16,17). The van der Waals surface area contributed by atoms with Gasteiger partial charge < -0.3 is 10.5 Å². The predicted octanol–water partition coefficient (Wildman–Crippen LogP) is 0.507. The highest BCUT2D eigenvalue weighted by Gasteiger charge is 2.00. The summed E-state index contributed by atoms with van der Waals surface area (Å²) in [6, 6.07) is 7.04. The van der Waals surface area contributed by atoms with E-state index in [1.807, 2.05) is 0 Å². The number of nitriles is 1. The Morgan fingerprint density at radius 3 is 2.78 bits per heavy atom. The van der Waals surface area contributed by atoms with Crippen LogP contribution in [-0.2, 0) is 4.79 Å². The van der Waals surface area contributed by atoms with Crippen LogP contribution in [0.25, 0.3) is 0 Å². The van der Waals surface area contributed by atoms with E-state index >= 15 is 0 Å². The van der Waals surface area contributed by atoms with Crippen LogP contribution < -0.4 is 15.9 Å². The number of benzene rings is 1. The van der Waals surface area contributed by atoms with Gasteiger partial charge in [0.15, 0.2) is 5.84 Å². The Morgan fingerprint density at radius 2 is 2.17 bits per heavy atom. The SMILES string of the molecule is N#CCC(=O)N/N=C(/N)COc1ccc(F)cc1. The summed E-state index contributed by atoms with van der Waals surface area (Å²) in [6.07, 6.45) is -0.296. The van der Waals surface area contributed by atoms with Crippen LogP contribution in [0.1, 0.15) is 6.42 Å². The molecule has 0 aliphatic carbocycles. The first-order chi connectivity index (χ1) is 8.61. The fourth-order valence-corrected chi connectivity index (χ4v) is 0.966. The molecule has 0 aliphatic rings. The molecule has 18 heavy (non-hydrogen) atoms. The van der Waals surface area contributed by atoms with Crippen molar-refractivity contribution in [3.8, 4) is 11.8 Å². The van der Waals surface area contributed by atoms with Crippen LogP contribution in [0.5, 0.6) is 5.75 Å². The van der Waals surface area contributed by atoms with Gasteiger partial charge in [-0.15, -0.1) is 0 Å². The summed E-state index contributed by atoms with van der Waals surface area (Å²) in [6.45, 7) is -0.0571. The van der Waals surface area contributed by atoms with Gasteiger partial charge >= 0.3 is 0 Å². The Morgan fingerprint density at radius 1 is 1.50 bits per heavy atom. The number of amides is 1. The number of hydrogen-bond donors (Lipinski definition) is 2. The number of hydrazone groups is 1. The number of carbonyl (C=O) groups is 1. The van der Waals surface area contributed by atoms with Crippen LogP contribution in [0, 0.1) is 17.1 Å². The largest absolute Gasteiger partial charge is 0.486 e. The summed E-state index contributed by atoms with van der Waals surface area (Å²) >= 11 is 0. The minimum absolute atomic E-state index is 0.0330. The molecule has 94 valence electrons. The molecule has 0 radical (unpaired) electrons. The molecule has 1 rings (SSSR count). The van der Waals surface area contributed by atoms with Crippen molar-refractivity contribution in [3.63, 3.8) is 0 Å². The molecule has 0 saturated carbocycles. The van der Waals surface area contributed by atoms with Gasteiger partial charge in [0.25, 0.3) is 5.91 Å². The maximum absolute atomic E-state index is 12.6. The summed E-state index contributed by atoms with van der Waals surface area (Å²) in [7, 11) is 0. The first-order valence-corrected chi connectivity index (χ1v) is 4.98. The van der Waals surface area contributed by atoms with Gasteiger partial charge in [0.05, 0.1) is 6.07 Å². The van der Waals surface area contributed by atoms with Crippen LogP contribution in [0.2, 0.25) is 0 Å². The Kier molecular flexibility index (Phi) is 5.12. The lowest BCUT2D eigenvalue weighted by molar-refractivity contribution is -0.120. The molecule has 7 heteroatoms. The van der Waals surface area contributed by atoms with Crippen LogP contribution in [0.4, 0.5) is 4.39 Å². The number of hydrogen-bond acceptors (Lipinski definition) is 4. The molecule has 0 spiro atoms. The van der Waals surface area contributed by atoms with Crippen molar-refractivity contribution in [2.75, 3.05) is 6.61 Å². The molecule has 0 fully saturated rings. The average molecular weight is 250 g/mol. The van der Waals surface area contributed by atoms with Crippen molar-refractivity contribution in [1.82, 2.24) is 5.43 Å². The number of nitrogens with zero attached hydrogens (tertiary/aromatic N) is 2. The van der Waals surface area contributed by atoms with E-state index < -0.39 is 5.91 Å². The number of amidine groups is 1. The van der Waals surface area contributed by atoms with Gasteiger partial charge in [-0.05, 0) is 24.3 Å². The highest BCUT2D eigenvalue weighted by molar-refractivity contribution is 5.84. The van der Waals surface area contributed by atoms with Crippen molar-refractivity contribution < 1.29 is 13.9 Å². The fourth-order valence-electron chi connectivity index (χ4n) is 0.966. The molecular weight excluding hydrogens is 239 g/mol. The molecule has 1 aromatic rings. The van der Waals surface area contributed by atoms with Gasteiger partial charge in [-0.25, -0.2) is 9.82 Å². The summed E-state index contributed by atoms with van der Waals surface area (Å²) in [5.41, 5.74) is 7.54. The van der Waals surface area contributed by atoms with E-state index in [2.05, 4.69) is 10.5 Å². The molecule has 0 heterocycles. The van der Waals surface area contributed by atoms with Crippen molar-refractivity contribution in [3.05, 3.63) is 30.1 Å². The maximum Gasteiger partial charge on any atom is 0.254 e. The van der Waals surface area contributed by atoms with Crippen LogP contribution in [0.15, 0.2) is 29.4 Å². The second kappa shape index (κ2) is 6.85. The number of ether oxygens (including phenoxy) is 1. The number of nitrogens with two attached hydrogens (primary N) is 1. The zero-order chi connectivity index (χ0) is 13.4. The summed E-state index contributed by atoms with van der Waals surface area (Å²) < 4.78 is 17.8. The van der Waals surface area contributed by atoms with Crippen molar-refractivity contribution in [2.24, 2.45) is 10.8 Å². The van der Waals surface area contributed by atoms with Gasteiger partial charge in [-0.2, -0.15) is 10.4 Å². The van der Waals surface area contributed by atoms with Crippen molar-refractivity contribution in [1.29, 1.82) is 5.26 Å². The van der Waals surface area contributed by atoms with Crippen LogP contribution >= 0.6 is 0 Å². The minimum atomic E-state index is -0.553. The average Bonchev–Trinajstić information content (AvgIpc) is 2.36. The number of carbonyl (C=O) groups excluding carboxylic acids is 1. The van der Waals surface area contributed by atoms with E-state index in [1.54, 1.807) is 6.07 Å². The van der Waals surface area contributed by atoms with Gasteiger partial charge in [0.2, 0.25) is 0 Å². The molecule has 0 unspecified atom stereocenters. The Labute approximate surface area is 103 Å². The maximum atomic E-state index is 12.6. The molecule has 0 atom stereocenters. The summed E-state index contributed by atoms with van der Waals surface area (Å²) in [4.78, 5) is 10.9. The second-order valence-electron chi connectivity index (χ2n) is 3.22. The lowest BCUT2D eigenvalue weighted by Gasteiger charge is -2.05. The zero-order valence-electron chi connectivity index (χ0n) is 9.39. The van der Waals surface area contributed by atoms with E-state index in [0.29, 0.717) is 5.75 Å². The van der Waals surface area contributed by atoms with Crippen molar-refractivity contribution >= 4 is 11.7 Å². The normalized spacial score (nSPS) is 10.6. The molecule has 1 amide bonds. The zero-order valence-corrected chi connectivity index (χ0v) is 9.39. The highest BCUT2D eigenvalue weighted by atomic mass is 19.1. The fraction of sp³-hybridized carbons (Fsp3) is 0.182. The Hall–Kier alpha value is -2.62. The minimum Gasteiger partial charge on any atom is -0.486 e. The number of halogens is 1. The summed E-state index contributed by atoms with van der Waals surface area (Å²) in [5.74, 6) is -0.460. The molecule has 0 aliphatic heterocycles. The summed E-state index contributed by atoms with van der Waals surface area (Å²) in [5, 5.41) is 11.8. The highest BCUT2D eigenvalue weighted by Crippen LogP contribution is 2.10. The Bertz CT molecular complexity index is 479. The lowest BCUT2D eigenvalue weighted by atomic mass is 10.3. The monoisotopic (exact) mass is 250 g/mol. The number of rotatable bonds is 5. The van der Waals surface area contributed by atoms with E-state index in [-0.39, 0.29) is 24.7 Å². The Balaban J connectivity index is 2.39. The van der Waals surface area contributed by atoms with Gasteiger partial charge in [0, 0.05) is 0 Å². The molecule has 6 nitrogen and oxygen atoms in total. The number of nitrogens with one attached hydrogen (secondary N) is 1. The topological polar surface area (TPSA) is 100 Å².